The highest BCUT2D eigenvalue weighted by atomic mass is 19.4. The van der Waals surface area contributed by atoms with Gasteiger partial charge in [0.25, 0.3) is 0 Å². The van der Waals surface area contributed by atoms with E-state index >= 15 is 0 Å². The molecular weight excluding hydrogens is 413 g/mol. The summed E-state index contributed by atoms with van der Waals surface area (Å²) in [6.07, 6.45) is -1.91. The normalized spacial score (nSPS) is 16.5. The summed E-state index contributed by atoms with van der Waals surface area (Å²) < 4.78 is 43.5. The molecule has 10 heteroatoms. The van der Waals surface area contributed by atoms with Crippen LogP contribution in [0.5, 0.6) is 5.75 Å². The molecule has 1 saturated heterocycles. The van der Waals surface area contributed by atoms with Crippen molar-refractivity contribution in [2.45, 2.75) is 12.2 Å². The second-order valence-corrected chi connectivity index (χ2v) is 7.32. The van der Waals surface area contributed by atoms with Crippen molar-refractivity contribution in [2.24, 2.45) is 0 Å². The Kier molecular flexibility index (Phi) is 5.48. The third kappa shape index (κ3) is 4.15. The highest BCUT2D eigenvalue weighted by Crippen LogP contribution is 2.33. The Morgan fingerprint density at radius 2 is 1.94 bits per heavy atom. The Bertz CT molecular complexity index is 1070. The lowest BCUT2D eigenvalue weighted by molar-refractivity contribution is -0.143. The van der Waals surface area contributed by atoms with Crippen LogP contribution in [0.2, 0.25) is 0 Å². The van der Waals surface area contributed by atoms with Crippen LogP contribution in [0, 0.1) is 0 Å². The first-order valence-corrected chi connectivity index (χ1v) is 9.68. The Morgan fingerprint density at radius 3 is 2.52 bits per heavy atom. The Labute approximate surface area is 176 Å². The molecule has 3 heterocycles. The van der Waals surface area contributed by atoms with Gasteiger partial charge in [0.2, 0.25) is 0 Å². The Hall–Kier alpha value is -3.27. The number of aliphatic carboxylic acids is 1. The number of anilines is 1. The van der Waals surface area contributed by atoms with Gasteiger partial charge in [0, 0.05) is 55.0 Å². The lowest BCUT2D eigenvalue weighted by Crippen LogP contribution is -2.49. The van der Waals surface area contributed by atoms with Gasteiger partial charge in [0.15, 0.2) is 0 Å². The number of aromatic amines is 1. The van der Waals surface area contributed by atoms with Crippen LogP contribution in [-0.4, -0.2) is 59.2 Å². The minimum absolute atomic E-state index is 0.427. The van der Waals surface area contributed by atoms with Gasteiger partial charge in [-0.3, -0.25) is 9.69 Å². The molecule has 1 atom stereocenters. The fraction of sp³-hybridized carbons (Fsp3) is 0.333. The number of methoxy groups -OCH3 is 1. The van der Waals surface area contributed by atoms with Crippen LogP contribution in [0.3, 0.4) is 0 Å². The van der Waals surface area contributed by atoms with Crippen molar-refractivity contribution in [1.29, 1.82) is 0 Å². The summed E-state index contributed by atoms with van der Waals surface area (Å²) in [6.45, 7) is 1.76. The van der Waals surface area contributed by atoms with Crippen LogP contribution in [0.4, 0.5) is 19.0 Å². The smallest absolute Gasteiger partial charge is 0.417 e. The lowest BCUT2D eigenvalue weighted by Gasteiger charge is -2.38. The zero-order valence-corrected chi connectivity index (χ0v) is 16.7. The fourth-order valence-electron chi connectivity index (χ4n) is 3.91. The molecule has 0 bridgehead atoms. The molecule has 0 radical (unpaired) electrons. The van der Waals surface area contributed by atoms with Crippen molar-refractivity contribution in [3.63, 3.8) is 0 Å². The SMILES string of the molecule is COc1ccc2[nH]cc(C(C(=O)O)N3CCN(c4ccc(C(F)(F)F)cn4)CC3)c2c1. The van der Waals surface area contributed by atoms with E-state index in [1.54, 1.807) is 25.4 Å². The number of H-pyrrole nitrogens is 1. The maximum absolute atomic E-state index is 12.7. The standard InChI is InChI=1S/C21H21F3N4O3/c1-31-14-3-4-17-15(10-14)16(12-25-17)19(20(29)30)28-8-6-27(7-9-28)18-5-2-13(11-26-18)21(22,23)24/h2-5,10-12,19,25H,6-9H2,1H3,(H,29,30). The van der Waals surface area contributed by atoms with Gasteiger partial charge in [0.1, 0.15) is 17.6 Å². The molecule has 3 aromatic rings. The number of rotatable bonds is 5. The Morgan fingerprint density at radius 1 is 1.19 bits per heavy atom. The monoisotopic (exact) mass is 434 g/mol. The average molecular weight is 434 g/mol. The number of hydrogen-bond donors (Lipinski definition) is 2. The number of hydrogen-bond acceptors (Lipinski definition) is 5. The zero-order valence-electron chi connectivity index (χ0n) is 16.7. The lowest BCUT2D eigenvalue weighted by atomic mass is 10.0. The molecule has 1 aromatic carbocycles. The number of pyridine rings is 1. The number of aromatic nitrogens is 2. The summed E-state index contributed by atoms with van der Waals surface area (Å²) in [4.78, 5) is 22.9. The molecule has 1 fully saturated rings. The summed E-state index contributed by atoms with van der Waals surface area (Å²) in [5, 5.41) is 10.7. The van der Waals surface area contributed by atoms with Crippen LogP contribution in [-0.2, 0) is 11.0 Å². The largest absolute Gasteiger partial charge is 0.497 e. The number of carboxylic acid groups (broad SMARTS) is 1. The first kappa shape index (κ1) is 21.0. The number of nitrogens with zero attached hydrogens (tertiary/aromatic N) is 3. The highest BCUT2D eigenvalue weighted by Gasteiger charge is 2.33. The molecule has 1 unspecified atom stereocenters. The molecule has 0 amide bonds. The number of alkyl halides is 3. The van der Waals surface area contributed by atoms with E-state index in [1.807, 2.05) is 15.9 Å². The van der Waals surface area contributed by atoms with Crippen molar-refractivity contribution in [3.05, 3.63) is 53.9 Å². The first-order valence-electron chi connectivity index (χ1n) is 9.68. The number of fused-ring (bicyclic) bond motifs is 1. The number of carboxylic acids is 1. The van der Waals surface area contributed by atoms with Crippen LogP contribution in [0.25, 0.3) is 10.9 Å². The molecule has 31 heavy (non-hydrogen) atoms. The first-order chi connectivity index (χ1) is 14.8. The molecule has 0 saturated carbocycles. The van der Waals surface area contributed by atoms with Gasteiger partial charge in [0.05, 0.1) is 12.7 Å². The number of ether oxygens (including phenoxy) is 1. The minimum atomic E-state index is -4.43. The zero-order chi connectivity index (χ0) is 22.2. The maximum atomic E-state index is 12.7. The van der Waals surface area contributed by atoms with E-state index in [0.717, 1.165) is 23.2 Å². The van der Waals surface area contributed by atoms with Crippen LogP contribution in [0.15, 0.2) is 42.7 Å². The maximum Gasteiger partial charge on any atom is 0.417 e. The highest BCUT2D eigenvalue weighted by molar-refractivity contribution is 5.90. The predicted octanol–water partition coefficient (Wildman–Crippen LogP) is 3.54. The van der Waals surface area contributed by atoms with E-state index in [0.29, 0.717) is 43.3 Å². The van der Waals surface area contributed by atoms with Gasteiger partial charge in [-0.1, -0.05) is 0 Å². The molecular formula is C21H21F3N4O3. The summed E-state index contributed by atoms with van der Waals surface area (Å²) >= 11 is 0. The van der Waals surface area contributed by atoms with Gasteiger partial charge in [-0.2, -0.15) is 13.2 Å². The van der Waals surface area contributed by atoms with E-state index in [1.165, 1.54) is 6.07 Å². The summed E-state index contributed by atoms with van der Waals surface area (Å²) in [6, 6.07) is 6.94. The second-order valence-electron chi connectivity index (χ2n) is 7.32. The van der Waals surface area contributed by atoms with Gasteiger partial charge < -0.3 is 19.7 Å². The van der Waals surface area contributed by atoms with Gasteiger partial charge in [-0.15, -0.1) is 0 Å². The second kappa shape index (κ2) is 8.10. The molecule has 0 aliphatic carbocycles. The quantitative estimate of drug-likeness (QED) is 0.640. The number of nitrogens with one attached hydrogen (secondary N) is 1. The summed E-state index contributed by atoms with van der Waals surface area (Å²) in [7, 11) is 1.55. The third-order valence-corrected chi connectivity index (χ3v) is 5.53. The van der Waals surface area contributed by atoms with Crippen molar-refractivity contribution in [3.8, 4) is 5.75 Å². The molecule has 1 aliphatic rings. The average Bonchev–Trinajstić information content (AvgIpc) is 3.16. The van der Waals surface area contributed by atoms with E-state index in [-0.39, 0.29) is 0 Å². The number of carbonyl (C=O) groups is 1. The van der Waals surface area contributed by atoms with Crippen molar-refractivity contribution in [1.82, 2.24) is 14.9 Å². The summed E-state index contributed by atoms with van der Waals surface area (Å²) in [5.74, 6) is 0.108. The minimum Gasteiger partial charge on any atom is -0.497 e. The topological polar surface area (TPSA) is 81.7 Å². The molecule has 0 spiro atoms. The van der Waals surface area contributed by atoms with E-state index in [9.17, 15) is 23.1 Å². The summed E-state index contributed by atoms with van der Waals surface area (Å²) in [5.41, 5.74) is 0.660. The van der Waals surface area contributed by atoms with Gasteiger partial charge in [-0.05, 0) is 30.3 Å². The van der Waals surface area contributed by atoms with Crippen LogP contribution >= 0.6 is 0 Å². The third-order valence-electron chi connectivity index (χ3n) is 5.53. The number of halogens is 3. The fourth-order valence-corrected chi connectivity index (χ4v) is 3.91. The predicted molar refractivity (Wildman–Crippen MR) is 108 cm³/mol. The van der Waals surface area contributed by atoms with Crippen molar-refractivity contribution < 1.29 is 27.8 Å². The molecule has 2 aromatic heterocycles. The van der Waals surface area contributed by atoms with E-state index in [2.05, 4.69) is 9.97 Å². The van der Waals surface area contributed by atoms with Crippen LogP contribution < -0.4 is 9.64 Å². The molecule has 164 valence electrons. The molecule has 4 rings (SSSR count). The van der Waals surface area contributed by atoms with Crippen LogP contribution in [0.1, 0.15) is 17.2 Å². The van der Waals surface area contributed by atoms with Crippen molar-refractivity contribution >= 4 is 22.7 Å². The van der Waals surface area contributed by atoms with E-state index in [4.69, 9.17) is 4.74 Å². The van der Waals surface area contributed by atoms with Gasteiger partial charge >= 0.3 is 12.1 Å². The molecule has 1 aliphatic heterocycles. The number of benzene rings is 1. The van der Waals surface area contributed by atoms with E-state index < -0.39 is 23.8 Å². The molecule has 7 nitrogen and oxygen atoms in total. The Balaban J connectivity index is 1.52. The molecule has 2 N–H and O–H groups in total. The van der Waals surface area contributed by atoms with Crippen molar-refractivity contribution in [2.75, 3.05) is 38.2 Å². The van der Waals surface area contributed by atoms with Gasteiger partial charge in [-0.25, -0.2) is 4.98 Å². The number of piperazine rings is 1.